The molecular formula is C15H22FN5OS. The Morgan fingerprint density at radius 3 is 2.87 bits per heavy atom. The van der Waals surface area contributed by atoms with E-state index in [-0.39, 0.29) is 5.95 Å². The number of aryl methyl sites for hydroxylation is 1. The molecule has 2 aromatic rings. The summed E-state index contributed by atoms with van der Waals surface area (Å²) in [5.74, 6) is 1.49. The minimum absolute atomic E-state index is 0.359. The Morgan fingerprint density at radius 1 is 1.39 bits per heavy atom. The van der Waals surface area contributed by atoms with Crippen LogP contribution in [0.25, 0.3) is 0 Å². The average Bonchev–Trinajstić information content (AvgIpc) is 3.09. The lowest BCUT2D eigenvalue weighted by atomic mass is 9.90. The number of aromatic nitrogens is 3. The highest BCUT2D eigenvalue weighted by Gasteiger charge is 2.28. The van der Waals surface area contributed by atoms with E-state index < -0.39 is 0 Å². The topological polar surface area (TPSA) is 67.1 Å². The van der Waals surface area contributed by atoms with Crippen LogP contribution in [-0.4, -0.2) is 39.7 Å². The number of rotatable bonds is 5. The highest BCUT2D eigenvalue weighted by molar-refractivity contribution is 7.15. The van der Waals surface area contributed by atoms with E-state index in [1.807, 2.05) is 0 Å². The van der Waals surface area contributed by atoms with E-state index in [1.165, 1.54) is 11.3 Å². The fourth-order valence-electron chi connectivity index (χ4n) is 3.05. The van der Waals surface area contributed by atoms with Crippen LogP contribution in [0.15, 0.2) is 4.52 Å². The van der Waals surface area contributed by atoms with E-state index in [9.17, 15) is 4.39 Å². The van der Waals surface area contributed by atoms with Gasteiger partial charge in [0.05, 0.1) is 4.88 Å². The first-order valence-corrected chi connectivity index (χ1v) is 8.73. The summed E-state index contributed by atoms with van der Waals surface area (Å²) >= 11 is 1.39. The minimum atomic E-state index is -0.359. The van der Waals surface area contributed by atoms with Crippen LogP contribution in [0.3, 0.4) is 0 Å². The van der Waals surface area contributed by atoms with E-state index in [1.54, 1.807) is 14.0 Å². The van der Waals surface area contributed by atoms with Gasteiger partial charge < -0.3 is 9.84 Å². The fraction of sp³-hybridized carbons (Fsp3) is 0.667. The number of halogens is 1. The molecule has 1 fully saturated rings. The molecule has 1 aliphatic heterocycles. The van der Waals surface area contributed by atoms with Crippen molar-refractivity contribution >= 4 is 16.5 Å². The molecule has 1 N–H and O–H groups in total. The lowest BCUT2D eigenvalue weighted by molar-refractivity contribution is 0.109. The Bertz CT molecular complexity index is 658. The van der Waals surface area contributed by atoms with Gasteiger partial charge in [0.1, 0.15) is 0 Å². The van der Waals surface area contributed by atoms with Crippen molar-refractivity contribution in [2.75, 3.05) is 18.9 Å². The van der Waals surface area contributed by atoms with Crippen molar-refractivity contribution in [3.05, 3.63) is 22.5 Å². The second-order valence-electron chi connectivity index (χ2n) is 6.14. The maximum absolute atomic E-state index is 13.9. The summed E-state index contributed by atoms with van der Waals surface area (Å²) in [6, 6.07) is 0.442. The molecule has 23 heavy (non-hydrogen) atoms. The molecule has 0 amide bonds. The van der Waals surface area contributed by atoms with Crippen LogP contribution in [-0.2, 0) is 13.0 Å². The molecule has 1 aliphatic rings. The van der Waals surface area contributed by atoms with Crippen LogP contribution < -0.4 is 5.32 Å². The molecular weight excluding hydrogens is 317 g/mol. The van der Waals surface area contributed by atoms with Gasteiger partial charge in [-0.05, 0) is 25.7 Å². The zero-order valence-electron chi connectivity index (χ0n) is 13.7. The second kappa shape index (κ2) is 6.92. The van der Waals surface area contributed by atoms with Crippen LogP contribution in [0.2, 0.25) is 0 Å². The Hall–Kier alpha value is -1.54. The van der Waals surface area contributed by atoms with Crippen LogP contribution in [0, 0.1) is 18.8 Å². The number of likely N-dealkylation sites (tertiary alicyclic amines) is 1. The largest absolute Gasteiger partial charge is 0.365 e. The average molecular weight is 339 g/mol. The van der Waals surface area contributed by atoms with Gasteiger partial charge in [-0.25, -0.2) is 0 Å². The smallest absolute Gasteiger partial charge is 0.230 e. The Balaban J connectivity index is 1.64. The number of nitrogens with zero attached hydrogens (tertiary/aromatic N) is 4. The summed E-state index contributed by atoms with van der Waals surface area (Å²) in [4.78, 5) is 11.2. The van der Waals surface area contributed by atoms with Crippen molar-refractivity contribution in [3.8, 4) is 0 Å². The molecule has 3 rings (SSSR count). The Morgan fingerprint density at radius 2 is 2.22 bits per heavy atom. The van der Waals surface area contributed by atoms with Crippen molar-refractivity contribution in [1.29, 1.82) is 0 Å². The van der Waals surface area contributed by atoms with Gasteiger partial charge in [-0.1, -0.05) is 16.5 Å². The molecule has 2 aromatic heterocycles. The van der Waals surface area contributed by atoms with Crippen molar-refractivity contribution in [1.82, 2.24) is 20.0 Å². The number of thiazole rings is 1. The molecule has 0 bridgehead atoms. The van der Waals surface area contributed by atoms with Gasteiger partial charge in [0.25, 0.3) is 0 Å². The molecule has 0 spiro atoms. The second-order valence-corrected chi connectivity index (χ2v) is 7.22. The molecule has 8 heteroatoms. The lowest BCUT2D eigenvalue weighted by Crippen LogP contribution is -2.41. The predicted molar refractivity (Wildman–Crippen MR) is 87.0 cm³/mol. The number of nitrogens with one attached hydrogen (secondary N) is 1. The first kappa shape index (κ1) is 16.3. The number of anilines is 1. The van der Waals surface area contributed by atoms with Crippen LogP contribution in [0.4, 0.5) is 9.52 Å². The van der Waals surface area contributed by atoms with Gasteiger partial charge in [0.2, 0.25) is 11.8 Å². The normalized spacial score (nSPS) is 22.4. The lowest BCUT2D eigenvalue weighted by Gasteiger charge is -2.37. The molecule has 1 saturated heterocycles. The zero-order valence-corrected chi connectivity index (χ0v) is 14.5. The summed E-state index contributed by atoms with van der Waals surface area (Å²) in [7, 11) is 1.76. The van der Waals surface area contributed by atoms with Gasteiger partial charge in [-0.2, -0.15) is 14.4 Å². The van der Waals surface area contributed by atoms with Crippen LogP contribution in [0.1, 0.15) is 36.4 Å². The summed E-state index contributed by atoms with van der Waals surface area (Å²) < 4.78 is 19.0. The quantitative estimate of drug-likeness (QED) is 0.903. The third-order valence-electron chi connectivity index (χ3n) is 4.36. The summed E-state index contributed by atoms with van der Waals surface area (Å²) in [5, 5.41) is 7.51. The molecule has 0 saturated carbocycles. The van der Waals surface area contributed by atoms with Gasteiger partial charge in [0.15, 0.2) is 11.0 Å². The third-order valence-corrected chi connectivity index (χ3v) is 5.39. The van der Waals surface area contributed by atoms with Crippen molar-refractivity contribution in [2.24, 2.45) is 5.92 Å². The summed E-state index contributed by atoms with van der Waals surface area (Å²) in [6.45, 7) is 5.53. The van der Waals surface area contributed by atoms with Crippen LogP contribution >= 0.6 is 11.3 Å². The summed E-state index contributed by atoms with van der Waals surface area (Å²) in [6.07, 6.45) is 3.05. The van der Waals surface area contributed by atoms with E-state index in [2.05, 4.69) is 32.3 Å². The minimum Gasteiger partial charge on any atom is -0.365 e. The maximum Gasteiger partial charge on any atom is 0.230 e. The predicted octanol–water partition coefficient (Wildman–Crippen LogP) is 2.86. The number of hydrogen-bond acceptors (Lipinski definition) is 7. The van der Waals surface area contributed by atoms with Crippen molar-refractivity contribution < 1.29 is 8.91 Å². The summed E-state index contributed by atoms with van der Waals surface area (Å²) in [5.41, 5.74) is 0. The first-order valence-electron chi connectivity index (χ1n) is 7.91. The zero-order chi connectivity index (χ0) is 16.4. The number of piperidine rings is 1. The number of hydrogen-bond donors (Lipinski definition) is 1. The molecule has 2 atom stereocenters. The van der Waals surface area contributed by atoms with E-state index in [4.69, 9.17) is 4.52 Å². The molecule has 0 aromatic carbocycles. The molecule has 6 nitrogen and oxygen atoms in total. The van der Waals surface area contributed by atoms with Gasteiger partial charge >= 0.3 is 0 Å². The fourth-order valence-corrected chi connectivity index (χ4v) is 3.88. The Kier molecular flexibility index (Phi) is 4.91. The SMILES string of the molecule is CNc1nc(F)c(CN2CC(Cc3noc(C)n3)CCC2C)s1. The van der Waals surface area contributed by atoms with Crippen molar-refractivity contribution in [2.45, 2.75) is 45.7 Å². The molecule has 0 aliphatic carbocycles. The molecule has 2 unspecified atom stereocenters. The molecule has 0 radical (unpaired) electrons. The highest BCUT2D eigenvalue weighted by atomic mass is 32.1. The first-order chi connectivity index (χ1) is 11.0. The van der Waals surface area contributed by atoms with E-state index >= 15 is 0 Å². The van der Waals surface area contributed by atoms with E-state index in [0.717, 1.165) is 31.6 Å². The third kappa shape index (κ3) is 3.87. The van der Waals surface area contributed by atoms with Crippen LogP contribution in [0.5, 0.6) is 0 Å². The molecule has 3 heterocycles. The van der Waals surface area contributed by atoms with Crippen molar-refractivity contribution in [3.63, 3.8) is 0 Å². The standard InChI is InChI=1S/C15H22FN5OS/c1-9-4-5-11(6-13-18-10(2)22-20-13)7-21(9)8-12-14(16)19-15(17-3)23-12/h9,11H,4-8H2,1-3H3,(H,17,19). The van der Waals surface area contributed by atoms with E-state index in [0.29, 0.717) is 34.4 Å². The van der Waals surface area contributed by atoms with Gasteiger partial charge in [0, 0.05) is 39.5 Å². The highest BCUT2D eigenvalue weighted by Crippen LogP contribution is 2.29. The Labute approximate surface area is 139 Å². The molecule has 126 valence electrons. The maximum atomic E-state index is 13.9. The van der Waals surface area contributed by atoms with Gasteiger partial charge in [-0.15, -0.1) is 0 Å². The van der Waals surface area contributed by atoms with Gasteiger partial charge in [-0.3, -0.25) is 4.90 Å². The monoisotopic (exact) mass is 339 g/mol.